The van der Waals surface area contributed by atoms with Gasteiger partial charge in [0.1, 0.15) is 11.9 Å². The van der Waals surface area contributed by atoms with Gasteiger partial charge in [-0.15, -0.1) is 0 Å². The highest BCUT2D eigenvalue weighted by Crippen LogP contribution is 2.40. The topological polar surface area (TPSA) is 35.5 Å². The Hall–Kier alpha value is -3.07. The summed E-state index contributed by atoms with van der Waals surface area (Å²) in [5.41, 5.74) is 12.2. The molecule has 33 heavy (non-hydrogen) atoms. The van der Waals surface area contributed by atoms with Crippen LogP contribution in [0.25, 0.3) is 0 Å². The van der Waals surface area contributed by atoms with Crippen LogP contribution < -0.4 is 4.74 Å². The Labute approximate surface area is 197 Å². The van der Waals surface area contributed by atoms with Crippen molar-refractivity contribution in [1.29, 1.82) is 0 Å². The summed E-state index contributed by atoms with van der Waals surface area (Å²) < 4.78 is 12.8. The Morgan fingerprint density at radius 2 is 1.30 bits per heavy atom. The monoisotopic (exact) mass is 442 g/mol. The fourth-order valence-corrected chi connectivity index (χ4v) is 4.82. The number of rotatable bonds is 3. The number of fused-ring (bicyclic) bond motifs is 1. The molecule has 0 aliphatic carbocycles. The van der Waals surface area contributed by atoms with Crippen LogP contribution >= 0.6 is 0 Å². The zero-order chi connectivity index (χ0) is 24.0. The van der Waals surface area contributed by atoms with Crippen molar-refractivity contribution in [3.63, 3.8) is 0 Å². The summed E-state index contributed by atoms with van der Waals surface area (Å²) in [4.78, 5) is 13.3. The third kappa shape index (κ3) is 4.42. The summed E-state index contributed by atoms with van der Waals surface area (Å²) in [5.74, 6) is 0.594. The van der Waals surface area contributed by atoms with E-state index >= 15 is 0 Å². The van der Waals surface area contributed by atoms with Gasteiger partial charge < -0.3 is 9.47 Å². The second kappa shape index (κ2) is 8.70. The van der Waals surface area contributed by atoms with Crippen molar-refractivity contribution in [1.82, 2.24) is 0 Å². The van der Waals surface area contributed by atoms with Crippen molar-refractivity contribution in [2.24, 2.45) is 0 Å². The molecule has 0 amide bonds. The van der Waals surface area contributed by atoms with E-state index in [4.69, 9.17) is 9.47 Å². The maximum atomic E-state index is 13.3. The van der Waals surface area contributed by atoms with E-state index in [9.17, 15) is 4.79 Å². The molecular formula is C30H34O3. The highest BCUT2D eigenvalue weighted by molar-refractivity contribution is 5.90. The molecule has 0 spiro atoms. The molecule has 4 rings (SSSR count). The molecule has 3 heteroatoms. The summed E-state index contributed by atoms with van der Waals surface area (Å²) in [6, 6.07) is 12.4. The molecule has 3 nitrogen and oxygen atoms in total. The predicted octanol–water partition coefficient (Wildman–Crippen LogP) is 7.06. The normalized spacial score (nSPS) is 17.3. The van der Waals surface area contributed by atoms with Crippen LogP contribution in [0.5, 0.6) is 5.75 Å². The average molecular weight is 443 g/mol. The van der Waals surface area contributed by atoms with Crippen molar-refractivity contribution in [3.8, 4) is 5.75 Å². The molecule has 172 valence electrons. The lowest BCUT2D eigenvalue weighted by atomic mass is 9.89. The molecule has 0 bridgehead atoms. The minimum absolute atomic E-state index is 0.298. The van der Waals surface area contributed by atoms with Gasteiger partial charge in [-0.3, -0.25) is 0 Å². The van der Waals surface area contributed by atoms with Gasteiger partial charge in [-0.1, -0.05) is 18.2 Å². The predicted molar refractivity (Wildman–Crippen MR) is 133 cm³/mol. The molecule has 1 heterocycles. The van der Waals surface area contributed by atoms with Crippen LogP contribution in [-0.2, 0) is 11.2 Å². The number of ether oxygens (including phenoxy) is 2. The average Bonchev–Trinajstić information content (AvgIpc) is 2.75. The second-order valence-electron chi connectivity index (χ2n) is 9.76. The number of carbonyl (C=O) groups is 1. The highest BCUT2D eigenvalue weighted by Gasteiger charge is 2.36. The number of benzene rings is 3. The summed E-state index contributed by atoms with van der Waals surface area (Å²) >= 11 is 0. The van der Waals surface area contributed by atoms with Crippen LogP contribution in [0.2, 0.25) is 0 Å². The molecule has 0 saturated heterocycles. The van der Waals surface area contributed by atoms with Crippen molar-refractivity contribution >= 4 is 5.97 Å². The number of aryl methyl sites for hydroxylation is 6. The van der Waals surface area contributed by atoms with Crippen LogP contribution in [0.15, 0.2) is 36.4 Å². The minimum atomic E-state index is -0.408. The molecule has 0 fully saturated rings. The van der Waals surface area contributed by atoms with E-state index in [0.29, 0.717) is 12.0 Å². The zero-order valence-corrected chi connectivity index (χ0v) is 21.1. The lowest BCUT2D eigenvalue weighted by molar-refractivity contribution is -0.0184. The van der Waals surface area contributed by atoms with Gasteiger partial charge in [0, 0.05) is 12.0 Å². The van der Waals surface area contributed by atoms with Crippen molar-refractivity contribution in [2.45, 2.75) is 74.0 Å². The lowest BCUT2D eigenvalue weighted by Gasteiger charge is -2.35. The number of esters is 1. The smallest absolute Gasteiger partial charge is 0.338 e. The standard InChI is InChI=1S/C30H34O3/c1-16-9-21(6)26-15-28(33-30(31)25-13-19(4)23(8)20(5)14-25)29(32-27(26)10-16)24-11-17(2)22(7)18(3)12-24/h9-14,28-29H,15H2,1-8H3/t28-,29-/m1/s1. The van der Waals surface area contributed by atoms with Crippen LogP contribution in [0.3, 0.4) is 0 Å². The Kier molecular flexibility index (Phi) is 6.09. The number of hydrogen-bond donors (Lipinski definition) is 0. The Bertz CT molecular complexity index is 1210. The maximum Gasteiger partial charge on any atom is 0.338 e. The van der Waals surface area contributed by atoms with E-state index < -0.39 is 6.10 Å². The van der Waals surface area contributed by atoms with E-state index in [0.717, 1.165) is 28.0 Å². The molecule has 0 saturated carbocycles. The summed E-state index contributed by atoms with van der Waals surface area (Å²) in [6.07, 6.45) is -0.128. The second-order valence-corrected chi connectivity index (χ2v) is 9.76. The van der Waals surface area contributed by atoms with Gasteiger partial charge in [-0.2, -0.15) is 0 Å². The molecule has 3 aromatic carbocycles. The third-order valence-corrected chi connectivity index (χ3v) is 7.27. The minimum Gasteiger partial charge on any atom is -0.482 e. The largest absolute Gasteiger partial charge is 0.482 e. The van der Waals surface area contributed by atoms with E-state index in [1.165, 1.54) is 33.4 Å². The van der Waals surface area contributed by atoms with E-state index in [2.05, 4.69) is 65.8 Å². The molecular weight excluding hydrogens is 408 g/mol. The summed E-state index contributed by atoms with van der Waals surface area (Å²) in [6.45, 7) is 16.7. The van der Waals surface area contributed by atoms with Gasteiger partial charge in [0.2, 0.25) is 0 Å². The van der Waals surface area contributed by atoms with Crippen LogP contribution in [-0.4, -0.2) is 12.1 Å². The maximum absolute atomic E-state index is 13.3. The van der Waals surface area contributed by atoms with E-state index in [-0.39, 0.29) is 12.1 Å². The highest BCUT2D eigenvalue weighted by atomic mass is 16.6. The van der Waals surface area contributed by atoms with Crippen molar-refractivity contribution in [3.05, 3.63) is 97.6 Å². The van der Waals surface area contributed by atoms with E-state index in [1.54, 1.807) is 0 Å². The Balaban J connectivity index is 1.75. The number of hydrogen-bond acceptors (Lipinski definition) is 3. The lowest BCUT2D eigenvalue weighted by Crippen LogP contribution is -2.35. The Morgan fingerprint density at radius 3 is 1.88 bits per heavy atom. The van der Waals surface area contributed by atoms with E-state index in [1.807, 2.05) is 26.0 Å². The van der Waals surface area contributed by atoms with Gasteiger partial charge in [-0.05, 0) is 124 Å². The van der Waals surface area contributed by atoms with Crippen molar-refractivity contribution in [2.75, 3.05) is 0 Å². The van der Waals surface area contributed by atoms with Gasteiger partial charge in [-0.25, -0.2) is 4.79 Å². The molecule has 3 aromatic rings. The van der Waals surface area contributed by atoms with Gasteiger partial charge >= 0.3 is 5.97 Å². The quantitative estimate of drug-likeness (QED) is 0.408. The van der Waals surface area contributed by atoms with Crippen LogP contribution in [0, 0.1) is 55.4 Å². The molecule has 0 unspecified atom stereocenters. The third-order valence-electron chi connectivity index (χ3n) is 7.27. The first-order valence-electron chi connectivity index (χ1n) is 11.7. The molecule has 2 atom stereocenters. The first-order chi connectivity index (χ1) is 15.5. The first-order valence-corrected chi connectivity index (χ1v) is 11.7. The zero-order valence-electron chi connectivity index (χ0n) is 21.1. The van der Waals surface area contributed by atoms with Crippen LogP contribution in [0.1, 0.15) is 72.1 Å². The fraction of sp³-hybridized carbons (Fsp3) is 0.367. The molecule has 0 radical (unpaired) electrons. The fourth-order valence-electron chi connectivity index (χ4n) is 4.82. The number of carbonyl (C=O) groups excluding carboxylic acids is 1. The van der Waals surface area contributed by atoms with Gasteiger partial charge in [0.15, 0.2) is 6.10 Å². The molecule has 0 aromatic heterocycles. The SMILES string of the molecule is Cc1cc(C)c2c(c1)O[C@H](c1cc(C)c(C)c(C)c1)[C@H](OC(=O)c1cc(C)c(C)c(C)c1)C2. The molecule has 0 N–H and O–H groups in total. The first kappa shape index (κ1) is 23.1. The molecule has 1 aliphatic rings. The summed E-state index contributed by atoms with van der Waals surface area (Å²) in [5, 5.41) is 0. The van der Waals surface area contributed by atoms with Crippen molar-refractivity contribution < 1.29 is 14.3 Å². The van der Waals surface area contributed by atoms with Gasteiger partial charge in [0.25, 0.3) is 0 Å². The van der Waals surface area contributed by atoms with Gasteiger partial charge in [0.05, 0.1) is 5.56 Å². The summed E-state index contributed by atoms with van der Waals surface area (Å²) in [7, 11) is 0. The van der Waals surface area contributed by atoms with Crippen LogP contribution in [0.4, 0.5) is 0 Å². The molecule has 1 aliphatic heterocycles. The Morgan fingerprint density at radius 1 is 0.758 bits per heavy atom.